The molecule has 2 aliphatic heterocycles. The van der Waals surface area contributed by atoms with Crippen molar-refractivity contribution in [2.75, 3.05) is 37.7 Å². The minimum atomic E-state index is -0.202. The molecule has 0 N–H and O–H groups in total. The maximum absolute atomic E-state index is 12.7. The fraction of sp³-hybridized carbons (Fsp3) is 0.333. The summed E-state index contributed by atoms with van der Waals surface area (Å²) in [6.45, 7) is 2.68. The predicted octanol–water partition coefficient (Wildman–Crippen LogP) is 2.78. The van der Waals surface area contributed by atoms with Crippen LogP contribution in [0.4, 0.5) is 0 Å². The van der Waals surface area contributed by atoms with Gasteiger partial charge in [0.1, 0.15) is 12.4 Å². The van der Waals surface area contributed by atoms with Gasteiger partial charge in [0.2, 0.25) is 0 Å². The van der Waals surface area contributed by atoms with Crippen LogP contribution in [-0.2, 0) is 0 Å². The Morgan fingerprint density at radius 2 is 1.48 bits per heavy atom. The Balaban J connectivity index is 1.50. The molecular weight excluding hydrogens is 360 g/mol. The van der Waals surface area contributed by atoms with Gasteiger partial charge in [-0.1, -0.05) is 30.3 Å². The minimum absolute atomic E-state index is 0.0201. The molecular formula is C21H22N2O3S. The van der Waals surface area contributed by atoms with Crippen LogP contribution in [0.2, 0.25) is 0 Å². The Kier molecular flexibility index (Phi) is 5.45. The number of hydrogen-bond acceptors (Lipinski definition) is 5. The van der Waals surface area contributed by atoms with Crippen LogP contribution < -0.4 is 4.74 Å². The molecule has 1 fully saturated rings. The normalized spacial score (nSPS) is 18.4. The van der Waals surface area contributed by atoms with Crippen LogP contribution in [0.3, 0.4) is 0 Å². The number of ether oxygens (including phenoxy) is 1. The number of hydrogen-bond donors (Lipinski definition) is 0. The van der Waals surface area contributed by atoms with Crippen molar-refractivity contribution in [3.05, 3.63) is 65.7 Å². The topological polar surface area (TPSA) is 49.9 Å². The van der Waals surface area contributed by atoms with Gasteiger partial charge in [0.15, 0.2) is 0 Å². The van der Waals surface area contributed by atoms with E-state index in [1.165, 1.54) is 4.90 Å². The third-order valence-corrected chi connectivity index (χ3v) is 5.96. The van der Waals surface area contributed by atoms with E-state index in [4.69, 9.17) is 4.74 Å². The summed E-state index contributed by atoms with van der Waals surface area (Å²) in [5.74, 6) is 2.52. The van der Waals surface area contributed by atoms with Gasteiger partial charge in [-0.25, -0.2) is 0 Å². The van der Waals surface area contributed by atoms with Crippen molar-refractivity contribution < 1.29 is 14.3 Å². The standard InChI is InChI=1S/C21H22N2O3S/c24-20-18-8-4-5-9-19(18)21(25)23(20)14-16(22-10-12-27-13-11-22)15-26-17-6-2-1-3-7-17/h1-9,16H,10-15H2. The highest BCUT2D eigenvalue weighted by Crippen LogP contribution is 2.24. The van der Waals surface area contributed by atoms with E-state index in [0.717, 1.165) is 30.3 Å². The van der Waals surface area contributed by atoms with E-state index < -0.39 is 0 Å². The number of para-hydroxylation sites is 1. The summed E-state index contributed by atoms with van der Waals surface area (Å²) in [5.41, 5.74) is 0.999. The van der Waals surface area contributed by atoms with Crippen molar-refractivity contribution in [2.45, 2.75) is 6.04 Å². The number of thioether (sulfide) groups is 1. The lowest BCUT2D eigenvalue weighted by Gasteiger charge is -2.35. The molecule has 1 unspecified atom stereocenters. The summed E-state index contributed by atoms with van der Waals surface area (Å²) < 4.78 is 5.98. The van der Waals surface area contributed by atoms with Crippen molar-refractivity contribution >= 4 is 23.6 Å². The van der Waals surface area contributed by atoms with Gasteiger partial charge in [-0.05, 0) is 24.3 Å². The van der Waals surface area contributed by atoms with Gasteiger partial charge in [-0.15, -0.1) is 0 Å². The lowest BCUT2D eigenvalue weighted by atomic mass is 10.1. The summed E-state index contributed by atoms with van der Waals surface area (Å²) in [4.78, 5) is 29.2. The first-order valence-electron chi connectivity index (χ1n) is 9.19. The zero-order valence-corrected chi connectivity index (χ0v) is 15.9. The number of benzene rings is 2. The molecule has 5 nitrogen and oxygen atoms in total. The fourth-order valence-corrected chi connectivity index (χ4v) is 4.47. The van der Waals surface area contributed by atoms with Crippen LogP contribution in [0, 0.1) is 0 Å². The molecule has 4 rings (SSSR count). The van der Waals surface area contributed by atoms with E-state index in [1.807, 2.05) is 42.1 Å². The molecule has 0 spiro atoms. The molecule has 2 aliphatic rings. The molecule has 140 valence electrons. The summed E-state index contributed by atoms with van der Waals surface area (Å²) in [6, 6.07) is 16.7. The van der Waals surface area contributed by atoms with Crippen molar-refractivity contribution in [3.63, 3.8) is 0 Å². The third-order valence-electron chi connectivity index (χ3n) is 5.02. The fourth-order valence-electron chi connectivity index (χ4n) is 3.54. The second kappa shape index (κ2) is 8.15. The number of fused-ring (bicyclic) bond motifs is 1. The second-order valence-corrected chi connectivity index (χ2v) is 7.92. The van der Waals surface area contributed by atoms with E-state index in [0.29, 0.717) is 24.3 Å². The number of amides is 2. The average molecular weight is 382 g/mol. The number of rotatable bonds is 6. The van der Waals surface area contributed by atoms with E-state index in [9.17, 15) is 9.59 Å². The monoisotopic (exact) mass is 382 g/mol. The summed E-state index contributed by atoms with van der Waals surface area (Å²) in [6.07, 6.45) is 0. The van der Waals surface area contributed by atoms with Gasteiger partial charge in [-0.2, -0.15) is 11.8 Å². The Morgan fingerprint density at radius 1 is 0.889 bits per heavy atom. The maximum Gasteiger partial charge on any atom is 0.261 e. The Morgan fingerprint density at radius 3 is 2.11 bits per heavy atom. The average Bonchev–Trinajstić information content (AvgIpc) is 2.97. The van der Waals surface area contributed by atoms with E-state index in [-0.39, 0.29) is 17.9 Å². The van der Waals surface area contributed by atoms with E-state index in [2.05, 4.69) is 4.90 Å². The van der Waals surface area contributed by atoms with E-state index >= 15 is 0 Å². The Bertz CT molecular complexity index is 786. The SMILES string of the molecule is O=C1c2ccccc2C(=O)N1CC(COc1ccccc1)N1CCSCC1. The van der Waals surface area contributed by atoms with Gasteiger partial charge in [0, 0.05) is 31.1 Å². The summed E-state index contributed by atoms with van der Waals surface area (Å²) >= 11 is 1.93. The van der Waals surface area contributed by atoms with Crippen LogP contribution in [0.5, 0.6) is 5.75 Å². The van der Waals surface area contributed by atoms with Gasteiger partial charge >= 0.3 is 0 Å². The number of carbonyl (C=O) groups excluding carboxylic acids is 2. The van der Waals surface area contributed by atoms with Crippen molar-refractivity contribution in [1.82, 2.24) is 9.80 Å². The van der Waals surface area contributed by atoms with Crippen molar-refractivity contribution in [3.8, 4) is 5.75 Å². The molecule has 2 aromatic rings. The molecule has 0 radical (unpaired) electrons. The quantitative estimate of drug-likeness (QED) is 0.719. The first-order valence-corrected chi connectivity index (χ1v) is 10.3. The van der Waals surface area contributed by atoms with E-state index in [1.54, 1.807) is 24.3 Å². The number of carbonyl (C=O) groups is 2. The molecule has 6 heteroatoms. The van der Waals surface area contributed by atoms with Crippen LogP contribution in [0.15, 0.2) is 54.6 Å². The van der Waals surface area contributed by atoms with Crippen molar-refractivity contribution in [2.24, 2.45) is 0 Å². The zero-order valence-electron chi connectivity index (χ0n) is 15.0. The summed E-state index contributed by atoms with van der Waals surface area (Å²) in [5, 5.41) is 0. The van der Waals surface area contributed by atoms with Gasteiger partial charge in [0.05, 0.1) is 17.2 Å². The molecule has 0 saturated carbocycles. The smallest absolute Gasteiger partial charge is 0.261 e. The molecule has 2 aromatic carbocycles. The van der Waals surface area contributed by atoms with Crippen LogP contribution >= 0.6 is 11.8 Å². The highest BCUT2D eigenvalue weighted by Gasteiger charge is 2.37. The predicted molar refractivity (Wildman–Crippen MR) is 106 cm³/mol. The Labute approximate surface area is 163 Å². The molecule has 1 saturated heterocycles. The number of nitrogens with zero attached hydrogens (tertiary/aromatic N) is 2. The molecule has 27 heavy (non-hydrogen) atoms. The van der Waals surface area contributed by atoms with Gasteiger partial charge in [0.25, 0.3) is 11.8 Å². The van der Waals surface area contributed by atoms with Gasteiger partial charge in [-0.3, -0.25) is 19.4 Å². The van der Waals surface area contributed by atoms with Crippen LogP contribution in [0.1, 0.15) is 20.7 Å². The zero-order chi connectivity index (χ0) is 18.6. The highest BCUT2D eigenvalue weighted by atomic mass is 32.2. The second-order valence-electron chi connectivity index (χ2n) is 6.69. The maximum atomic E-state index is 12.7. The molecule has 2 heterocycles. The van der Waals surface area contributed by atoms with Crippen molar-refractivity contribution in [1.29, 1.82) is 0 Å². The van der Waals surface area contributed by atoms with Crippen LogP contribution in [0.25, 0.3) is 0 Å². The molecule has 0 aliphatic carbocycles. The van der Waals surface area contributed by atoms with Gasteiger partial charge < -0.3 is 4.74 Å². The first kappa shape index (κ1) is 18.1. The third kappa shape index (κ3) is 3.87. The first-order chi connectivity index (χ1) is 13.2. The molecule has 1 atom stereocenters. The largest absolute Gasteiger partial charge is 0.492 e. The minimum Gasteiger partial charge on any atom is -0.492 e. The molecule has 2 amide bonds. The number of imide groups is 1. The Hall–Kier alpha value is -2.31. The molecule has 0 bridgehead atoms. The molecule has 0 aromatic heterocycles. The van der Waals surface area contributed by atoms with Crippen LogP contribution in [-0.4, -0.2) is 65.4 Å². The lowest BCUT2D eigenvalue weighted by molar-refractivity contribution is 0.0552. The lowest BCUT2D eigenvalue weighted by Crippen LogP contribution is -2.51. The highest BCUT2D eigenvalue weighted by molar-refractivity contribution is 7.99. The summed E-state index contributed by atoms with van der Waals surface area (Å²) in [7, 11) is 0.